The highest BCUT2D eigenvalue weighted by atomic mass is 79.9. The molecule has 9 nitrogen and oxygen atoms in total. The molecule has 0 radical (unpaired) electrons. The first-order chi connectivity index (χ1) is 15.4. The van der Waals surface area contributed by atoms with E-state index in [0.29, 0.717) is 11.7 Å². The van der Waals surface area contributed by atoms with Crippen molar-refractivity contribution in [2.75, 3.05) is 43.2 Å². The van der Waals surface area contributed by atoms with E-state index in [1.54, 1.807) is 12.1 Å². The Balaban J connectivity index is 1.45. The normalized spacial score (nSPS) is 20.8. The highest BCUT2D eigenvalue weighted by molar-refractivity contribution is 9.11. The number of halogens is 2. The van der Waals surface area contributed by atoms with Gasteiger partial charge in [-0.25, -0.2) is 9.18 Å². The zero-order chi connectivity index (χ0) is 22.7. The fraction of sp³-hybridized carbons (Fsp3) is 0.350. The summed E-state index contributed by atoms with van der Waals surface area (Å²) in [6.07, 6.45) is -0.572. The first kappa shape index (κ1) is 22.6. The standard InChI is InChI=1S/C20H19BrFN3O6S/c21-15-3-4-17(32-15)31-19(28)24-20(5-7-30-11-20)18(27)23-12-1-2-14(13(22)9-12)25-6-8-29-10-16(25)26/h1-4,9H,5-8,10-11H2,(H,23,27)(H,24,28). The molecule has 0 bridgehead atoms. The molecule has 2 saturated heterocycles. The number of ether oxygens (including phenoxy) is 3. The van der Waals surface area contributed by atoms with Crippen LogP contribution < -0.4 is 20.3 Å². The smallest absolute Gasteiger partial charge is 0.399 e. The Labute approximate surface area is 194 Å². The van der Waals surface area contributed by atoms with Crippen LogP contribution in [0.2, 0.25) is 0 Å². The summed E-state index contributed by atoms with van der Waals surface area (Å²) in [4.78, 5) is 38.6. The van der Waals surface area contributed by atoms with E-state index in [1.165, 1.54) is 28.4 Å². The minimum atomic E-state index is -1.36. The maximum absolute atomic E-state index is 14.7. The van der Waals surface area contributed by atoms with Crippen LogP contribution in [0, 0.1) is 5.82 Å². The van der Waals surface area contributed by atoms with Crippen molar-refractivity contribution in [1.82, 2.24) is 5.32 Å². The van der Waals surface area contributed by atoms with E-state index in [4.69, 9.17) is 14.2 Å². The summed E-state index contributed by atoms with van der Waals surface area (Å²) < 4.78 is 31.1. The van der Waals surface area contributed by atoms with Crippen molar-refractivity contribution in [3.8, 4) is 5.06 Å². The lowest BCUT2D eigenvalue weighted by molar-refractivity contribution is -0.125. The van der Waals surface area contributed by atoms with Gasteiger partial charge in [-0.15, -0.1) is 0 Å². The van der Waals surface area contributed by atoms with Gasteiger partial charge in [-0.1, -0.05) is 11.3 Å². The van der Waals surface area contributed by atoms with E-state index in [2.05, 4.69) is 26.6 Å². The van der Waals surface area contributed by atoms with E-state index < -0.39 is 23.4 Å². The van der Waals surface area contributed by atoms with Gasteiger partial charge in [0.1, 0.15) is 18.0 Å². The number of nitrogens with zero attached hydrogens (tertiary/aromatic N) is 1. The SMILES string of the molecule is O=C(NC1(C(=O)Nc2ccc(N3CCOCC3=O)c(F)c2)CCOC1)Oc1ccc(Br)s1. The quantitative estimate of drug-likeness (QED) is 0.619. The number of rotatable bonds is 5. The molecule has 0 saturated carbocycles. The molecule has 0 spiro atoms. The Kier molecular flexibility index (Phi) is 6.74. The number of hydrogen-bond acceptors (Lipinski definition) is 7. The van der Waals surface area contributed by atoms with Gasteiger partial charge in [0.15, 0.2) is 5.06 Å². The zero-order valence-electron chi connectivity index (χ0n) is 16.7. The first-order valence-corrected chi connectivity index (χ1v) is 11.3. The van der Waals surface area contributed by atoms with Gasteiger partial charge in [-0.2, -0.15) is 0 Å². The van der Waals surface area contributed by atoms with Gasteiger partial charge in [0.2, 0.25) is 0 Å². The van der Waals surface area contributed by atoms with Crippen molar-refractivity contribution in [2.24, 2.45) is 0 Å². The molecule has 1 atom stereocenters. The van der Waals surface area contributed by atoms with Crippen LogP contribution in [0.3, 0.4) is 0 Å². The molecule has 1 aromatic heterocycles. The van der Waals surface area contributed by atoms with Crippen LogP contribution in [-0.2, 0) is 19.1 Å². The summed E-state index contributed by atoms with van der Waals surface area (Å²) in [6.45, 7) is 0.672. The summed E-state index contributed by atoms with van der Waals surface area (Å²) in [6, 6.07) is 7.39. The van der Waals surface area contributed by atoms with Crippen molar-refractivity contribution < 1.29 is 33.0 Å². The van der Waals surface area contributed by atoms with Crippen LogP contribution in [0.15, 0.2) is 34.1 Å². The van der Waals surface area contributed by atoms with Gasteiger partial charge in [-0.3, -0.25) is 9.59 Å². The summed E-state index contributed by atoms with van der Waals surface area (Å²) in [5, 5.41) is 5.56. The number of nitrogens with one attached hydrogen (secondary N) is 2. The highest BCUT2D eigenvalue weighted by Gasteiger charge is 2.44. The van der Waals surface area contributed by atoms with E-state index in [0.717, 1.165) is 9.85 Å². The predicted octanol–water partition coefficient (Wildman–Crippen LogP) is 2.90. The number of thiophene rings is 1. The number of amides is 3. The molecule has 0 aliphatic carbocycles. The van der Waals surface area contributed by atoms with Gasteiger partial charge >= 0.3 is 6.09 Å². The van der Waals surface area contributed by atoms with Crippen LogP contribution >= 0.6 is 27.3 Å². The molecule has 3 heterocycles. The van der Waals surface area contributed by atoms with E-state index in [-0.39, 0.29) is 50.1 Å². The fourth-order valence-electron chi connectivity index (χ4n) is 3.39. The third-order valence-corrected chi connectivity index (χ3v) is 6.52. The Morgan fingerprint density at radius 3 is 2.72 bits per heavy atom. The van der Waals surface area contributed by atoms with Crippen molar-refractivity contribution in [2.45, 2.75) is 12.0 Å². The number of hydrogen-bond donors (Lipinski definition) is 2. The molecule has 2 N–H and O–H groups in total. The van der Waals surface area contributed by atoms with Gasteiger partial charge in [0.05, 0.1) is 22.7 Å². The molecule has 1 aromatic carbocycles. The van der Waals surface area contributed by atoms with Gasteiger partial charge < -0.3 is 29.7 Å². The summed E-state index contributed by atoms with van der Waals surface area (Å²) in [5.41, 5.74) is -1.07. The Hall–Kier alpha value is -2.54. The highest BCUT2D eigenvalue weighted by Crippen LogP contribution is 2.30. The Morgan fingerprint density at radius 2 is 2.06 bits per heavy atom. The predicted molar refractivity (Wildman–Crippen MR) is 118 cm³/mol. The first-order valence-electron chi connectivity index (χ1n) is 9.68. The van der Waals surface area contributed by atoms with Crippen LogP contribution in [-0.4, -0.2) is 56.4 Å². The average molecular weight is 528 g/mol. The number of carbonyl (C=O) groups excluding carboxylic acids is 3. The minimum absolute atomic E-state index is 0.0507. The lowest BCUT2D eigenvalue weighted by Crippen LogP contribution is -2.58. The summed E-state index contributed by atoms with van der Waals surface area (Å²) >= 11 is 4.51. The summed E-state index contributed by atoms with van der Waals surface area (Å²) in [5.74, 6) is -1.56. The second-order valence-electron chi connectivity index (χ2n) is 7.18. The Morgan fingerprint density at radius 1 is 1.22 bits per heavy atom. The zero-order valence-corrected chi connectivity index (χ0v) is 19.1. The largest absolute Gasteiger partial charge is 0.414 e. The van der Waals surface area contributed by atoms with E-state index in [1.807, 2.05) is 0 Å². The lowest BCUT2D eigenvalue weighted by atomic mass is 9.97. The fourth-order valence-corrected chi connectivity index (χ4v) is 4.58. The second kappa shape index (κ2) is 9.53. The molecule has 2 aliphatic heterocycles. The number of anilines is 2. The third-order valence-electron chi connectivity index (χ3n) is 5.02. The molecule has 12 heteroatoms. The second-order valence-corrected chi connectivity index (χ2v) is 9.60. The van der Waals surface area contributed by atoms with Crippen LogP contribution in [0.5, 0.6) is 5.06 Å². The Bertz CT molecular complexity index is 1040. The van der Waals surface area contributed by atoms with Crippen molar-refractivity contribution >= 4 is 56.5 Å². The molecular weight excluding hydrogens is 509 g/mol. The molecule has 2 aliphatic rings. The van der Waals surface area contributed by atoms with Crippen molar-refractivity contribution in [3.05, 3.63) is 39.9 Å². The van der Waals surface area contributed by atoms with Crippen LogP contribution in [0.1, 0.15) is 6.42 Å². The molecule has 32 heavy (non-hydrogen) atoms. The van der Waals surface area contributed by atoms with Gasteiger partial charge in [-0.05, 0) is 46.3 Å². The minimum Gasteiger partial charge on any atom is -0.399 e. The lowest BCUT2D eigenvalue weighted by Gasteiger charge is -2.28. The van der Waals surface area contributed by atoms with E-state index >= 15 is 0 Å². The molecule has 3 amide bonds. The number of carbonyl (C=O) groups is 3. The van der Waals surface area contributed by atoms with E-state index in [9.17, 15) is 18.8 Å². The maximum Gasteiger partial charge on any atom is 0.414 e. The maximum atomic E-state index is 14.7. The monoisotopic (exact) mass is 527 g/mol. The number of benzene rings is 1. The van der Waals surface area contributed by atoms with Gasteiger partial charge in [0.25, 0.3) is 11.8 Å². The molecule has 1 unspecified atom stereocenters. The molecule has 170 valence electrons. The molecule has 2 aromatic rings. The van der Waals surface area contributed by atoms with Crippen LogP contribution in [0.4, 0.5) is 20.6 Å². The molecule has 2 fully saturated rings. The summed E-state index contributed by atoms with van der Waals surface area (Å²) in [7, 11) is 0. The number of morpholine rings is 1. The molecule has 4 rings (SSSR count). The van der Waals surface area contributed by atoms with Crippen molar-refractivity contribution in [3.63, 3.8) is 0 Å². The third kappa shape index (κ3) is 4.93. The van der Waals surface area contributed by atoms with Crippen molar-refractivity contribution in [1.29, 1.82) is 0 Å². The topological polar surface area (TPSA) is 106 Å². The molecular formula is C20H19BrFN3O6S. The average Bonchev–Trinajstić information content (AvgIpc) is 3.38. The van der Waals surface area contributed by atoms with Gasteiger partial charge in [0, 0.05) is 25.3 Å². The van der Waals surface area contributed by atoms with Crippen LogP contribution in [0.25, 0.3) is 0 Å².